The van der Waals surface area contributed by atoms with Gasteiger partial charge in [0, 0.05) is 0 Å². The molecule has 0 bridgehead atoms. The quantitative estimate of drug-likeness (QED) is 0.660. The maximum atomic E-state index is 12.3. The number of carbonyl (C=O) groups excluding carboxylic acids is 3. The molecule has 2 saturated heterocycles. The van der Waals surface area contributed by atoms with Gasteiger partial charge in [0.25, 0.3) is 0 Å². The van der Waals surface area contributed by atoms with E-state index in [0.29, 0.717) is 12.8 Å². The molecule has 3 atom stereocenters. The molecular weight excluding hydrogens is 372 g/mol. The van der Waals surface area contributed by atoms with Gasteiger partial charge in [0.15, 0.2) is 0 Å². The van der Waals surface area contributed by atoms with E-state index in [4.69, 9.17) is 10.5 Å². The molecule has 1 aromatic rings. The summed E-state index contributed by atoms with van der Waals surface area (Å²) in [6, 6.07) is 7.41. The summed E-state index contributed by atoms with van der Waals surface area (Å²) in [7, 11) is 1.64. The number of ether oxygens (including phenoxy) is 1. The third kappa shape index (κ3) is 5.13. The molecule has 0 spiro atoms. The minimum absolute atomic E-state index is 0.118. The van der Waals surface area contributed by atoms with Crippen LogP contribution >= 0.6 is 0 Å². The molecule has 0 aromatic heterocycles. The Morgan fingerprint density at radius 1 is 1.17 bits per heavy atom. The van der Waals surface area contributed by atoms with Gasteiger partial charge in [0.2, 0.25) is 17.7 Å². The molecule has 0 radical (unpaired) electrons. The number of likely N-dealkylation sites (N-methyl/N-ethyl adjacent to an activating group) is 1. The Morgan fingerprint density at radius 3 is 2.41 bits per heavy atom. The molecule has 2 heterocycles. The molecule has 1 aliphatic carbocycles. The van der Waals surface area contributed by atoms with Gasteiger partial charge in [-0.3, -0.25) is 14.4 Å². The van der Waals surface area contributed by atoms with E-state index < -0.39 is 24.2 Å². The van der Waals surface area contributed by atoms with E-state index in [1.165, 1.54) is 30.6 Å². The van der Waals surface area contributed by atoms with Crippen LogP contribution in [0.3, 0.4) is 0 Å². The molecule has 3 amide bonds. The molecule has 0 saturated carbocycles. The molecule has 2 fully saturated rings. The number of benzene rings is 1. The van der Waals surface area contributed by atoms with Crippen LogP contribution < -0.4 is 16.4 Å². The summed E-state index contributed by atoms with van der Waals surface area (Å²) in [6.07, 6.45) is 6.07. The lowest BCUT2D eigenvalue weighted by Crippen LogP contribution is -2.61. The maximum Gasteiger partial charge on any atom is 0.250 e. The highest BCUT2D eigenvalue weighted by atomic mass is 16.5. The van der Waals surface area contributed by atoms with Gasteiger partial charge in [-0.25, -0.2) is 0 Å². The topological polar surface area (TPSA) is 114 Å². The van der Waals surface area contributed by atoms with Crippen molar-refractivity contribution in [3.8, 4) is 0 Å². The van der Waals surface area contributed by atoms with Crippen LogP contribution in [0.25, 0.3) is 0 Å². The van der Waals surface area contributed by atoms with E-state index in [9.17, 15) is 14.4 Å². The summed E-state index contributed by atoms with van der Waals surface area (Å²) in [5.41, 5.74) is 8.43. The highest BCUT2D eigenvalue weighted by Crippen LogP contribution is 2.28. The van der Waals surface area contributed by atoms with Crippen molar-refractivity contribution in [2.45, 2.75) is 56.8 Å². The number of hydrogen-bond acceptors (Lipinski definition) is 5. The Balaban J connectivity index is 0.000000200. The van der Waals surface area contributed by atoms with Gasteiger partial charge in [-0.05, 0) is 56.7 Å². The highest BCUT2D eigenvalue weighted by molar-refractivity contribution is 5.93. The van der Waals surface area contributed by atoms with Crippen molar-refractivity contribution >= 4 is 17.7 Å². The number of hydrogen-bond donors (Lipinski definition) is 3. The predicted molar refractivity (Wildman–Crippen MR) is 108 cm³/mol. The summed E-state index contributed by atoms with van der Waals surface area (Å²) >= 11 is 0. The Bertz CT molecular complexity index is 729. The van der Waals surface area contributed by atoms with Crippen molar-refractivity contribution < 1.29 is 19.1 Å². The minimum Gasteiger partial charge on any atom is -0.368 e. The van der Waals surface area contributed by atoms with Crippen molar-refractivity contribution in [1.82, 2.24) is 15.5 Å². The third-order valence-electron chi connectivity index (χ3n) is 5.60. The normalized spacial score (nSPS) is 25.3. The molecule has 8 nitrogen and oxygen atoms in total. The fourth-order valence-electron chi connectivity index (χ4n) is 4.16. The molecule has 4 rings (SSSR count). The summed E-state index contributed by atoms with van der Waals surface area (Å²) in [5.74, 6) is -1.14. The number of nitrogens with zero attached hydrogens (tertiary/aromatic N) is 1. The second-order valence-corrected chi connectivity index (χ2v) is 7.66. The summed E-state index contributed by atoms with van der Waals surface area (Å²) in [4.78, 5) is 36.4. The first kappa shape index (κ1) is 21.3. The Morgan fingerprint density at radius 2 is 1.83 bits per heavy atom. The number of nitrogens with one attached hydrogen (secondary N) is 2. The molecule has 3 aliphatic rings. The second-order valence-electron chi connectivity index (χ2n) is 7.66. The maximum absolute atomic E-state index is 12.3. The zero-order chi connectivity index (χ0) is 20.8. The number of primary amides is 1. The van der Waals surface area contributed by atoms with Crippen LogP contribution in [0, 0.1) is 0 Å². The van der Waals surface area contributed by atoms with Gasteiger partial charge >= 0.3 is 0 Å². The predicted octanol–water partition coefficient (Wildman–Crippen LogP) is 0.0886. The second kappa shape index (κ2) is 9.84. The van der Waals surface area contributed by atoms with Crippen LogP contribution in [-0.4, -0.2) is 61.1 Å². The number of aryl methyl sites for hydroxylation is 2. The van der Waals surface area contributed by atoms with Crippen molar-refractivity contribution in [3.63, 3.8) is 0 Å². The van der Waals surface area contributed by atoms with E-state index in [1.807, 2.05) is 0 Å². The fraction of sp³-hybridized carbons (Fsp3) is 0.571. The molecule has 158 valence electrons. The van der Waals surface area contributed by atoms with Crippen LogP contribution in [0.4, 0.5) is 0 Å². The lowest BCUT2D eigenvalue weighted by molar-refractivity contribution is -0.166. The number of nitrogens with two attached hydrogens (primary N) is 1. The summed E-state index contributed by atoms with van der Waals surface area (Å²) in [5, 5.41) is 5.27. The number of amides is 3. The summed E-state index contributed by atoms with van der Waals surface area (Å²) in [6.45, 7) is 0.243. The average molecular weight is 402 g/mol. The van der Waals surface area contributed by atoms with E-state index >= 15 is 0 Å². The van der Waals surface area contributed by atoms with Gasteiger partial charge in [-0.2, -0.15) is 0 Å². The van der Waals surface area contributed by atoms with Gasteiger partial charge in [-0.1, -0.05) is 24.3 Å². The Kier molecular flexibility index (Phi) is 7.22. The molecule has 1 aromatic carbocycles. The first-order valence-corrected chi connectivity index (χ1v) is 10.2. The van der Waals surface area contributed by atoms with Gasteiger partial charge in [0.1, 0.15) is 18.3 Å². The Labute approximate surface area is 171 Å². The molecule has 29 heavy (non-hydrogen) atoms. The monoisotopic (exact) mass is 402 g/mol. The van der Waals surface area contributed by atoms with Gasteiger partial charge in [0.05, 0.1) is 13.2 Å². The molecule has 2 unspecified atom stereocenters. The third-order valence-corrected chi connectivity index (χ3v) is 5.60. The summed E-state index contributed by atoms with van der Waals surface area (Å²) < 4.78 is 5.51. The smallest absolute Gasteiger partial charge is 0.250 e. The first-order valence-electron chi connectivity index (χ1n) is 10.2. The van der Waals surface area contributed by atoms with E-state index in [-0.39, 0.29) is 25.0 Å². The highest BCUT2D eigenvalue weighted by Gasteiger charge is 2.46. The molecule has 8 heteroatoms. The van der Waals surface area contributed by atoms with Crippen LogP contribution in [0.1, 0.15) is 36.8 Å². The fourth-order valence-corrected chi connectivity index (χ4v) is 4.16. The molecular formula is C21H30N4O4. The van der Waals surface area contributed by atoms with Crippen LogP contribution in [0.5, 0.6) is 0 Å². The lowest BCUT2D eigenvalue weighted by Gasteiger charge is -2.37. The Hall–Kier alpha value is -2.45. The van der Waals surface area contributed by atoms with E-state index in [1.54, 1.807) is 18.2 Å². The van der Waals surface area contributed by atoms with Crippen molar-refractivity contribution in [2.75, 3.05) is 20.2 Å². The molecule has 2 aliphatic heterocycles. The van der Waals surface area contributed by atoms with Crippen molar-refractivity contribution in [3.05, 3.63) is 35.4 Å². The lowest BCUT2D eigenvalue weighted by atomic mass is 9.92. The SMILES string of the molecule is CNCC(=O)N[C@H]1COC2CCC(C(N)=O)N2C1=O.c1ccc2c(c1)CCCC2. The van der Waals surface area contributed by atoms with Crippen LogP contribution in [0.15, 0.2) is 24.3 Å². The number of carbonyl (C=O) groups is 3. The minimum atomic E-state index is -0.753. The zero-order valence-corrected chi connectivity index (χ0v) is 16.9. The van der Waals surface area contributed by atoms with Crippen LogP contribution in [-0.2, 0) is 32.0 Å². The van der Waals surface area contributed by atoms with E-state index in [0.717, 1.165) is 0 Å². The standard InChI is InChI=1S/C11H18N4O4.C10H12/c1-13-4-8(16)14-6-5-19-9-3-2-7(10(12)17)15(9)11(6)18;1-2-6-10-8-4-3-7-9(10)5-1/h6-7,9,13H,2-5H2,1H3,(H2,12,17)(H,14,16);1-2,5-6H,3-4,7-8H2/t6-,7?,9?;/m0./s1. The molecule has 4 N–H and O–H groups in total. The number of rotatable bonds is 4. The zero-order valence-electron chi connectivity index (χ0n) is 16.9. The van der Waals surface area contributed by atoms with E-state index in [2.05, 4.69) is 34.9 Å². The van der Waals surface area contributed by atoms with Crippen LogP contribution in [0.2, 0.25) is 0 Å². The van der Waals surface area contributed by atoms with Crippen molar-refractivity contribution in [1.29, 1.82) is 0 Å². The largest absolute Gasteiger partial charge is 0.368 e. The number of fused-ring (bicyclic) bond motifs is 2. The average Bonchev–Trinajstić information content (AvgIpc) is 3.16. The van der Waals surface area contributed by atoms with Gasteiger partial charge < -0.3 is 26.0 Å². The van der Waals surface area contributed by atoms with Gasteiger partial charge in [-0.15, -0.1) is 0 Å². The van der Waals surface area contributed by atoms with Crippen molar-refractivity contribution in [2.24, 2.45) is 5.73 Å². The first-order chi connectivity index (χ1) is 14.0.